The summed E-state index contributed by atoms with van der Waals surface area (Å²) in [6, 6.07) is 6.49. The van der Waals surface area contributed by atoms with Gasteiger partial charge in [0.25, 0.3) is 0 Å². The molecule has 0 aliphatic carbocycles. The Bertz CT molecular complexity index is 558. The van der Waals surface area contributed by atoms with Crippen LogP contribution in [-0.2, 0) is 6.54 Å². The summed E-state index contributed by atoms with van der Waals surface area (Å²) in [7, 11) is 0. The molecule has 1 aliphatic heterocycles. The summed E-state index contributed by atoms with van der Waals surface area (Å²) in [5, 5.41) is 10.6. The van der Waals surface area contributed by atoms with Crippen LogP contribution in [0.3, 0.4) is 0 Å². The molecular formula is C16H21FN4. The third-order valence-electron chi connectivity index (χ3n) is 3.97. The normalized spacial score (nSPS) is 15.7. The summed E-state index contributed by atoms with van der Waals surface area (Å²) in [5.41, 5.74) is 3.04. The predicted octanol–water partition coefficient (Wildman–Crippen LogP) is 2.40. The molecule has 2 N–H and O–H groups in total. The Morgan fingerprint density at radius 2 is 1.95 bits per heavy atom. The van der Waals surface area contributed by atoms with Gasteiger partial charge in [0.15, 0.2) is 0 Å². The summed E-state index contributed by atoms with van der Waals surface area (Å²) in [4.78, 5) is 2.49. The maximum Gasteiger partial charge on any atom is 0.123 e. The van der Waals surface area contributed by atoms with Crippen LogP contribution in [0.5, 0.6) is 0 Å². The van der Waals surface area contributed by atoms with Crippen molar-refractivity contribution in [2.24, 2.45) is 0 Å². The molecule has 0 unspecified atom stereocenters. The van der Waals surface area contributed by atoms with Crippen LogP contribution in [0.2, 0.25) is 0 Å². The first kappa shape index (κ1) is 14.2. The number of H-pyrrole nitrogens is 1. The fourth-order valence-corrected chi connectivity index (χ4v) is 2.78. The third kappa shape index (κ3) is 3.68. The summed E-state index contributed by atoms with van der Waals surface area (Å²) in [6.07, 6.45) is 4.49. The third-order valence-corrected chi connectivity index (χ3v) is 3.97. The SMILES string of the molecule is Fc1ccc(-c2[nH]ncc2CNCCN2CCCC2)cc1. The van der Waals surface area contributed by atoms with Gasteiger partial charge in [0.05, 0.1) is 11.9 Å². The average molecular weight is 288 g/mol. The van der Waals surface area contributed by atoms with E-state index in [1.54, 1.807) is 12.1 Å². The van der Waals surface area contributed by atoms with E-state index in [4.69, 9.17) is 0 Å². The van der Waals surface area contributed by atoms with E-state index in [0.29, 0.717) is 0 Å². The van der Waals surface area contributed by atoms with E-state index >= 15 is 0 Å². The molecule has 0 atom stereocenters. The van der Waals surface area contributed by atoms with Crippen LogP contribution in [0, 0.1) is 5.82 Å². The lowest BCUT2D eigenvalue weighted by Crippen LogP contribution is -2.29. The van der Waals surface area contributed by atoms with E-state index in [1.165, 1.54) is 38.1 Å². The first-order chi connectivity index (χ1) is 10.3. The Labute approximate surface area is 124 Å². The number of aromatic nitrogens is 2. The molecule has 0 spiro atoms. The Hall–Kier alpha value is -1.72. The van der Waals surface area contributed by atoms with Crippen LogP contribution in [0.15, 0.2) is 30.5 Å². The van der Waals surface area contributed by atoms with Crippen molar-refractivity contribution in [1.29, 1.82) is 0 Å². The largest absolute Gasteiger partial charge is 0.311 e. The van der Waals surface area contributed by atoms with Gasteiger partial charge in [-0.3, -0.25) is 5.10 Å². The molecule has 0 amide bonds. The molecule has 2 aromatic rings. The van der Waals surface area contributed by atoms with Crippen molar-refractivity contribution in [2.75, 3.05) is 26.2 Å². The zero-order valence-corrected chi connectivity index (χ0v) is 12.1. The van der Waals surface area contributed by atoms with Gasteiger partial charge in [0, 0.05) is 30.8 Å². The second-order valence-electron chi connectivity index (χ2n) is 5.50. The lowest BCUT2D eigenvalue weighted by molar-refractivity contribution is 0.335. The maximum absolute atomic E-state index is 13.0. The molecule has 21 heavy (non-hydrogen) atoms. The van der Waals surface area contributed by atoms with Gasteiger partial charge in [0.2, 0.25) is 0 Å². The topological polar surface area (TPSA) is 44.0 Å². The summed E-state index contributed by atoms with van der Waals surface area (Å²) >= 11 is 0. The number of aromatic amines is 1. The molecule has 1 aliphatic rings. The number of hydrogen-bond donors (Lipinski definition) is 2. The van der Waals surface area contributed by atoms with Gasteiger partial charge in [-0.1, -0.05) is 0 Å². The van der Waals surface area contributed by atoms with E-state index in [2.05, 4.69) is 20.4 Å². The van der Waals surface area contributed by atoms with E-state index in [-0.39, 0.29) is 5.82 Å². The maximum atomic E-state index is 13.0. The summed E-state index contributed by atoms with van der Waals surface area (Å²) in [6.45, 7) is 5.32. The fraction of sp³-hybridized carbons (Fsp3) is 0.438. The van der Waals surface area contributed by atoms with E-state index in [9.17, 15) is 4.39 Å². The van der Waals surface area contributed by atoms with Crippen molar-refractivity contribution in [3.05, 3.63) is 41.8 Å². The van der Waals surface area contributed by atoms with Gasteiger partial charge in [-0.2, -0.15) is 5.10 Å². The predicted molar refractivity (Wildman–Crippen MR) is 81.4 cm³/mol. The lowest BCUT2D eigenvalue weighted by Gasteiger charge is -2.14. The first-order valence-electron chi connectivity index (χ1n) is 7.54. The van der Waals surface area contributed by atoms with Crippen molar-refractivity contribution < 1.29 is 4.39 Å². The van der Waals surface area contributed by atoms with Gasteiger partial charge in [0.1, 0.15) is 5.82 Å². The number of rotatable bonds is 6. The zero-order valence-electron chi connectivity index (χ0n) is 12.1. The van der Waals surface area contributed by atoms with Gasteiger partial charge < -0.3 is 10.2 Å². The molecule has 5 heteroatoms. The zero-order chi connectivity index (χ0) is 14.5. The lowest BCUT2D eigenvalue weighted by atomic mass is 10.1. The molecule has 0 saturated carbocycles. The summed E-state index contributed by atoms with van der Waals surface area (Å²) < 4.78 is 13.0. The second kappa shape index (κ2) is 6.83. The summed E-state index contributed by atoms with van der Waals surface area (Å²) in [5.74, 6) is -0.219. The molecule has 3 rings (SSSR count). The molecule has 1 fully saturated rings. The molecule has 4 nitrogen and oxygen atoms in total. The quantitative estimate of drug-likeness (QED) is 0.802. The Morgan fingerprint density at radius 3 is 2.71 bits per heavy atom. The Kier molecular flexibility index (Phi) is 4.62. The second-order valence-corrected chi connectivity index (χ2v) is 5.50. The number of benzene rings is 1. The highest BCUT2D eigenvalue weighted by atomic mass is 19.1. The molecular weight excluding hydrogens is 267 g/mol. The minimum Gasteiger partial charge on any atom is -0.311 e. The van der Waals surface area contributed by atoms with E-state index < -0.39 is 0 Å². The number of nitrogens with zero attached hydrogens (tertiary/aromatic N) is 2. The molecule has 2 heterocycles. The highest BCUT2D eigenvalue weighted by Crippen LogP contribution is 2.21. The van der Waals surface area contributed by atoms with Crippen molar-refractivity contribution in [1.82, 2.24) is 20.4 Å². The van der Waals surface area contributed by atoms with Crippen LogP contribution in [0.25, 0.3) is 11.3 Å². The monoisotopic (exact) mass is 288 g/mol. The fourth-order valence-electron chi connectivity index (χ4n) is 2.78. The molecule has 1 aromatic heterocycles. The number of likely N-dealkylation sites (tertiary alicyclic amines) is 1. The van der Waals surface area contributed by atoms with Gasteiger partial charge in [-0.15, -0.1) is 0 Å². The molecule has 1 saturated heterocycles. The average Bonchev–Trinajstić information content (AvgIpc) is 3.16. The standard InChI is InChI=1S/C16H21FN4/c17-15-5-3-13(4-6-15)16-14(12-19-20-16)11-18-7-10-21-8-1-2-9-21/h3-6,12,18H,1-2,7-11H2,(H,19,20). The van der Waals surface area contributed by atoms with Crippen molar-refractivity contribution >= 4 is 0 Å². The number of halogens is 1. The van der Waals surface area contributed by atoms with Crippen LogP contribution >= 0.6 is 0 Å². The number of hydrogen-bond acceptors (Lipinski definition) is 3. The van der Waals surface area contributed by atoms with Gasteiger partial charge in [-0.25, -0.2) is 4.39 Å². The van der Waals surface area contributed by atoms with E-state index in [1.807, 2.05) is 6.20 Å². The molecule has 0 radical (unpaired) electrons. The van der Waals surface area contributed by atoms with Crippen LogP contribution in [-0.4, -0.2) is 41.3 Å². The Morgan fingerprint density at radius 1 is 1.19 bits per heavy atom. The van der Waals surface area contributed by atoms with Crippen molar-refractivity contribution in [3.8, 4) is 11.3 Å². The minimum absolute atomic E-state index is 0.219. The smallest absolute Gasteiger partial charge is 0.123 e. The van der Waals surface area contributed by atoms with Crippen molar-refractivity contribution in [3.63, 3.8) is 0 Å². The first-order valence-corrected chi connectivity index (χ1v) is 7.54. The highest BCUT2D eigenvalue weighted by molar-refractivity contribution is 5.62. The highest BCUT2D eigenvalue weighted by Gasteiger charge is 2.11. The number of nitrogens with one attached hydrogen (secondary N) is 2. The molecule has 112 valence electrons. The van der Waals surface area contributed by atoms with Crippen LogP contribution in [0.1, 0.15) is 18.4 Å². The van der Waals surface area contributed by atoms with E-state index in [0.717, 1.165) is 36.5 Å². The minimum atomic E-state index is -0.219. The van der Waals surface area contributed by atoms with Gasteiger partial charge in [-0.05, 0) is 50.2 Å². The van der Waals surface area contributed by atoms with Gasteiger partial charge >= 0.3 is 0 Å². The Balaban J connectivity index is 1.54. The molecule has 1 aromatic carbocycles. The van der Waals surface area contributed by atoms with Crippen LogP contribution in [0.4, 0.5) is 4.39 Å². The van der Waals surface area contributed by atoms with Crippen molar-refractivity contribution in [2.45, 2.75) is 19.4 Å². The van der Waals surface area contributed by atoms with Crippen LogP contribution < -0.4 is 5.32 Å². The molecule has 0 bridgehead atoms.